The second-order valence-corrected chi connectivity index (χ2v) is 7.13. The fourth-order valence-electron chi connectivity index (χ4n) is 3.29. The molecule has 1 amide bonds. The van der Waals surface area contributed by atoms with Crippen molar-refractivity contribution in [3.05, 3.63) is 77.0 Å². The number of hydrogen-bond acceptors (Lipinski definition) is 4. The van der Waals surface area contributed by atoms with Crippen LogP contribution in [0.25, 0.3) is 21.7 Å². The summed E-state index contributed by atoms with van der Waals surface area (Å²) >= 11 is 6.05. The van der Waals surface area contributed by atoms with Gasteiger partial charge in [-0.3, -0.25) is 9.59 Å². The van der Waals surface area contributed by atoms with Crippen molar-refractivity contribution in [3.8, 4) is 0 Å². The highest BCUT2D eigenvalue weighted by Gasteiger charge is 2.15. The van der Waals surface area contributed by atoms with E-state index in [4.69, 9.17) is 20.8 Å². The Labute approximate surface area is 172 Å². The number of rotatable bonds is 5. The van der Waals surface area contributed by atoms with E-state index in [2.05, 4.69) is 5.32 Å². The number of hydrogen-bond donors (Lipinski definition) is 1. The standard InChI is InChI=1S/C23H18ClNO4/c1-14-18(24)7-4-8-19(14)25-21(26)13-29-22(27)11-16-12-28-20-10-9-15-5-2-3-6-17(15)23(16)20/h2-10,12H,11,13H2,1H3,(H,25,26). The van der Waals surface area contributed by atoms with Gasteiger partial charge < -0.3 is 14.5 Å². The first kappa shape index (κ1) is 19.0. The van der Waals surface area contributed by atoms with Crippen molar-refractivity contribution in [1.29, 1.82) is 0 Å². The molecule has 0 atom stereocenters. The molecule has 5 nitrogen and oxygen atoms in total. The van der Waals surface area contributed by atoms with E-state index in [-0.39, 0.29) is 13.0 Å². The van der Waals surface area contributed by atoms with E-state index >= 15 is 0 Å². The third kappa shape index (κ3) is 3.96. The summed E-state index contributed by atoms with van der Waals surface area (Å²) in [6, 6.07) is 17.0. The van der Waals surface area contributed by atoms with E-state index in [0.717, 1.165) is 27.3 Å². The van der Waals surface area contributed by atoms with Crippen LogP contribution in [0, 0.1) is 6.92 Å². The monoisotopic (exact) mass is 407 g/mol. The smallest absolute Gasteiger partial charge is 0.310 e. The van der Waals surface area contributed by atoms with Gasteiger partial charge in [-0.2, -0.15) is 0 Å². The van der Waals surface area contributed by atoms with Crippen LogP contribution < -0.4 is 5.32 Å². The van der Waals surface area contributed by atoms with Crippen LogP contribution in [0.2, 0.25) is 5.02 Å². The lowest BCUT2D eigenvalue weighted by Crippen LogP contribution is -2.22. The SMILES string of the molecule is Cc1c(Cl)cccc1NC(=O)COC(=O)Cc1coc2ccc3ccccc3c12. The highest BCUT2D eigenvalue weighted by atomic mass is 35.5. The van der Waals surface area contributed by atoms with E-state index in [1.54, 1.807) is 31.4 Å². The lowest BCUT2D eigenvalue weighted by molar-refractivity contribution is -0.146. The van der Waals surface area contributed by atoms with Crippen LogP contribution in [0.3, 0.4) is 0 Å². The maximum Gasteiger partial charge on any atom is 0.310 e. The largest absolute Gasteiger partial charge is 0.464 e. The van der Waals surface area contributed by atoms with Crippen molar-refractivity contribution in [2.24, 2.45) is 0 Å². The molecule has 0 saturated carbocycles. The third-order valence-corrected chi connectivity index (χ3v) is 5.19. The molecule has 0 unspecified atom stereocenters. The molecule has 0 aliphatic rings. The molecule has 3 aromatic carbocycles. The van der Waals surface area contributed by atoms with Crippen LogP contribution in [0.1, 0.15) is 11.1 Å². The van der Waals surface area contributed by atoms with E-state index in [0.29, 0.717) is 16.3 Å². The quantitative estimate of drug-likeness (QED) is 0.457. The number of halogens is 1. The van der Waals surface area contributed by atoms with Crippen LogP contribution in [0.4, 0.5) is 5.69 Å². The van der Waals surface area contributed by atoms with E-state index in [1.165, 1.54) is 0 Å². The number of fused-ring (bicyclic) bond motifs is 3. The first-order valence-corrected chi connectivity index (χ1v) is 9.49. The summed E-state index contributed by atoms with van der Waals surface area (Å²) in [5, 5.41) is 6.21. The fraction of sp³-hybridized carbons (Fsp3) is 0.130. The Bertz CT molecular complexity index is 1230. The lowest BCUT2D eigenvalue weighted by atomic mass is 10.0. The zero-order chi connectivity index (χ0) is 20.4. The molecular formula is C23H18ClNO4. The zero-order valence-electron chi connectivity index (χ0n) is 15.7. The molecule has 0 bridgehead atoms. The molecule has 146 valence electrons. The average molecular weight is 408 g/mol. The molecule has 0 aliphatic carbocycles. The van der Waals surface area contributed by atoms with Gasteiger partial charge in [-0.15, -0.1) is 0 Å². The molecule has 0 spiro atoms. The zero-order valence-corrected chi connectivity index (χ0v) is 16.5. The number of carbonyl (C=O) groups excluding carboxylic acids is 2. The number of amides is 1. The molecule has 4 rings (SSSR count). The van der Waals surface area contributed by atoms with Crippen molar-refractivity contribution in [1.82, 2.24) is 0 Å². The Morgan fingerprint density at radius 3 is 2.76 bits per heavy atom. The molecule has 1 N–H and O–H groups in total. The summed E-state index contributed by atoms with van der Waals surface area (Å²) in [5.74, 6) is -0.926. The van der Waals surface area contributed by atoms with Crippen molar-refractivity contribution < 1.29 is 18.7 Å². The molecular weight excluding hydrogens is 390 g/mol. The normalized spacial score (nSPS) is 11.0. The number of furan rings is 1. The Morgan fingerprint density at radius 2 is 1.90 bits per heavy atom. The van der Waals surface area contributed by atoms with Gasteiger partial charge >= 0.3 is 5.97 Å². The number of anilines is 1. The number of nitrogens with one attached hydrogen (secondary N) is 1. The lowest BCUT2D eigenvalue weighted by Gasteiger charge is -2.10. The van der Waals surface area contributed by atoms with Gasteiger partial charge in [-0.1, -0.05) is 48.0 Å². The summed E-state index contributed by atoms with van der Waals surface area (Å²) in [7, 11) is 0. The second-order valence-electron chi connectivity index (χ2n) is 6.72. The predicted octanol–water partition coefficient (Wildman–Crippen LogP) is 5.27. The van der Waals surface area contributed by atoms with Crippen molar-refractivity contribution in [3.63, 3.8) is 0 Å². The van der Waals surface area contributed by atoms with Crippen LogP contribution in [-0.4, -0.2) is 18.5 Å². The molecule has 4 aromatic rings. The highest BCUT2D eigenvalue weighted by molar-refractivity contribution is 6.31. The van der Waals surface area contributed by atoms with Crippen molar-refractivity contribution >= 4 is 50.9 Å². The van der Waals surface area contributed by atoms with Gasteiger partial charge in [-0.05, 0) is 41.5 Å². The number of carbonyl (C=O) groups is 2. The third-order valence-electron chi connectivity index (χ3n) is 4.78. The second kappa shape index (κ2) is 7.97. The van der Waals surface area contributed by atoms with Crippen LogP contribution in [0.15, 0.2) is 65.3 Å². The molecule has 6 heteroatoms. The Balaban J connectivity index is 1.43. The average Bonchev–Trinajstić information content (AvgIpc) is 3.13. The molecule has 0 fully saturated rings. The van der Waals surface area contributed by atoms with E-state index in [1.807, 2.05) is 36.4 Å². The number of benzene rings is 3. The summed E-state index contributed by atoms with van der Waals surface area (Å²) < 4.78 is 10.7. The Kier molecular flexibility index (Phi) is 5.23. The van der Waals surface area contributed by atoms with Gasteiger partial charge in [0.05, 0.1) is 12.7 Å². The molecule has 1 aromatic heterocycles. The summed E-state index contributed by atoms with van der Waals surface area (Å²) in [6.45, 7) is 1.43. The van der Waals surface area contributed by atoms with Crippen LogP contribution >= 0.6 is 11.6 Å². The van der Waals surface area contributed by atoms with Gasteiger partial charge in [-0.25, -0.2) is 0 Å². The minimum absolute atomic E-state index is 0.0183. The van der Waals surface area contributed by atoms with Gasteiger partial charge in [0.15, 0.2) is 6.61 Å². The van der Waals surface area contributed by atoms with Gasteiger partial charge in [0, 0.05) is 21.7 Å². The molecule has 0 radical (unpaired) electrons. The van der Waals surface area contributed by atoms with Gasteiger partial charge in [0.2, 0.25) is 0 Å². The fourth-order valence-corrected chi connectivity index (χ4v) is 3.46. The molecule has 1 heterocycles. The Morgan fingerprint density at radius 1 is 1.07 bits per heavy atom. The predicted molar refractivity (Wildman–Crippen MR) is 113 cm³/mol. The minimum atomic E-state index is -0.501. The van der Waals surface area contributed by atoms with Gasteiger partial charge in [0.25, 0.3) is 5.91 Å². The maximum absolute atomic E-state index is 12.3. The van der Waals surface area contributed by atoms with Crippen LogP contribution in [-0.2, 0) is 20.7 Å². The molecule has 0 saturated heterocycles. The van der Waals surface area contributed by atoms with Crippen LogP contribution in [0.5, 0.6) is 0 Å². The Hall–Kier alpha value is -3.31. The highest BCUT2D eigenvalue weighted by Crippen LogP contribution is 2.30. The first-order valence-electron chi connectivity index (χ1n) is 9.11. The van der Waals surface area contributed by atoms with Gasteiger partial charge in [0.1, 0.15) is 5.58 Å². The van der Waals surface area contributed by atoms with E-state index in [9.17, 15) is 9.59 Å². The van der Waals surface area contributed by atoms with Crippen molar-refractivity contribution in [2.45, 2.75) is 13.3 Å². The molecule has 0 aliphatic heterocycles. The minimum Gasteiger partial charge on any atom is -0.464 e. The molecule has 29 heavy (non-hydrogen) atoms. The maximum atomic E-state index is 12.3. The first-order chi connectivity index (χ1) is 14.0. The van der Waals surface area contributed by atoms with Crippen molar-refractivity contribution in [2.75, 3.05) is 11.9 Å². The van der Waals surface area contributed by atoms with E-state index < -0.39 is 11.9 Å². The summed E-state index contributed by atoms with van der Waals surface area (Å²) in [5.41, 5.74) is 2.78. The number of ether oxygens (including phenoxy) is 1. The summed E-state index contributed by atoms with van der Waals surface area (Å²) in [6.07, 6.45) is 1.58. The number of esters is 1. The summed E-state index contributed by atoms with van der Waals surface area (Å²) in [4.78, 5) is 24.4. The topological polar surface area (TPSA) is 68.5 Å².